The third-order valence-corrected chi connectivity index (χ3v) is 6.30. The van der Waals surface area contributed by atoms with Crippen LogP contribution < -0.4 is 4.90 Å². The van der Waals surface area contributed by atoms with Gasteiger partial charge in [0.15, 0.2) is 5.78 Å². The average molecular weight is 421 g/mol. The lowest BCUT2D eigenvalue weighted by Gasteiger charge is -2.24. The minimum Gasteiger partial charge on any atom is -0.388 e. The zero-order valence-electron chi connectivity index (χ0n) is 16.6. The summed E-state index contributed by atoms with van der Waals surface area (Å²) in [5, 5.41) is 13.5. The monoisotopic (exact) mass is 420 g/mol. The van der Waals surface area contributed by atoms with Crippen molar-refractivity contribution in [2.24, 2.45) is 0 Å². The molecule has 2 aromatic carbocycles. The molecule has 1 aromatic heterocycles. The van der Waals surface area contributed by atoms with Gasteiger partial charge in [0.2, 0.25) is 5.91 Å². The van der Waals surface area contributed by atoms with Gasteiger partial charge >= 0.3 is 0 Å². The largest absolute Gasteiger partial charge is 0.388 e. The molecule has 4 rings (SSSR count). The van der Waals surface area contributed by atoms with Gasteiger partial charge in [-0.1, -0.05) is 42.5 Å². The maximum Gasteiger partial charge on any atom is 0.235 e. The van der Waals surface area contributed by atoms with Crippen LogP contribution in [0, 0.1) is 0 Å². The lowest BCUT2D eigenvalue weighted by Crippen LogP contribution is -2.35. The van der Waals surface area contributed by atoms with Crippen molar-refractivity contribution in [2.75, 3.05) is 4.90 Å². The van der Waals surface area contributed by atoms with Gasteiger partial charge in [-0.05, 0) is 42.5 Å². The third-order valence-electron chi connectivity index (χ3n) is 5.46. The maximum absolute atomic E-state index is 12.5. The number of aliphatic hydroxyl groups is 1. The van der Waals surface area contributed by atoms with E-state index in [0.717, 1.165) is 29.0 Å². The highest BCUT2D eigenvalue weighted by molar-refractivity contribution is 7.09. The summed E-state index contributed by atoms with van der Waals surface area (Å²) >= 11 is 1.61. The van der Waals surface area contributed by atoms with E-state index in [4.69, 9.17) is 0 Å². The van der Waals surface area contributed by atoms with E-state index in [-0.39, 0.29) is 18.1 Å². The minimum atomic E-state index is -0.619. The topological polar surface area (TPSA) is 70.5 Å². The first kappa shape index (κ1) is 20.4. The molecule has 0 radical (unpaired) electrons. The molecule has 0 aliphatic carbocycles. The van der Waals surface area contributed by atoms with Crippen molar-refractivity contribution in [3.8, 4) is 0 Å². The molecule has 2 heterocycles. The normalized spacial score (nSPS) is 17.5. The van der Waals surface area contributed by atoms with E-state index >= 15 is 0 Å². The summed E-state index contributed by atoms with van der Waals surface area (Å²) in [6, 6.07) is 16.7. The van der Waals surface area contributed by atoms with Crippen molar-refractivity contribution in [1.82, 2.24) is 4.98 Å². The molecular formula is C24H24N2O3S. The van der Waals surface area contributed by atoms with Crippen LogP contribution in [-0.2, 0) is 22.4 Å². The summed E-state index contributed by atoms with van der Waals surface area (Å²) in [6.07, 6.45) is 3.90. The third kappa shape index (κ3) is 4.66. The molecular weight excluding hydrogens is 396 g/mol. The van der Waals surface area contributed by atoms with Crippen molar-refractivity contribution in [3.05, 3.63) is 82.3 Å². The van der Waals surface area contributed by atoms with Crippen LogP contribution in [0.2, 0.25) is 0 Å². The Morgan fingerprint density at radius 3 is 2.57 bits per heavy atom. The number of ketones is 1. The first-order valence-electron chi connectivity index (χ1n) is 10.2. The van der Waals surface area contributed by atoms with Gasteiger partial charge in [0.1, 0.15) is 0 Å². The summed E-state index contributed by atoms with van der Waals surface area (Å²) in [6.45, 7) is 0. The predicted octanol–water partition coefficient (Wildman–Crippen LogP) is 4.12. The van der Waals surface area contributed by atoms with E-state index in [2.05, 4.69) is 4.98 Å². The van der Waals surface area contributed by atoms with Crippen LogP contribution in [-0.4, -0.2) is 27.8 Å². The summed E-state index contributed by atoms with van der Waals surface area (Å²) < 4.78 is 0. The minimum absolute atomic E-state index is 0.0210. The Morgan fingerprint density at radius 2 is 1.87 bits per heavy atom. The van der Waals surface area contributed by atoms with Crippen LogP contribution in [0.5, 0.6) is 0 Å². The van der Waals surface area contributed by atoms with Crippen molar-refractivity contribution >= 4 is 28.7 Å². The number of carbonyl (C=O) groups excluding carboxylic acids is 2. The highest BCUT2D eigenvalue weighted by Crippen LogP contribution is 2.29. The highest BCUT2D eigenvalue weighted by Gasteiger charge is 2.38. The Kier molecular flexibility index (Phi) is 6.35. The number of aromatic nitrogens is 1. The average Bonchev–Trinajstić information content (AvgIpc) is 3.37. The quantitative estimate of drug-likeness (QED) is 0.557. The Bertz CT molecular complexity index is 987. The molecule has 6 heteroatoms. The Labute approximate surface area is 180 Å². The fraction of sp³-hybridized carbons (Fsp3) is 0.292. The molecule has 1 amide bonds. The van der Waals surface area contributed by atoms with Crippen LogP contribution in [0.3, 0.4) is 0 Å². The summed E-state index contributed by atoms with van der Waals surface area (Å²) in [5.41, 5.74) is 2.57. The van der Waals surface area contributed by atoms with Gasteiger partial charge < -0.3 is 10.0 Å². The van der Waals surface area contributed by atoms with Crippen molar-refractivity contribution in [3.63, 3.8) is 0 Å². The first-order valence-corrected chi connectivity index (χ1v) is 11.0. The number of aliphatic hydroxyl groups excluding tert-OH is 1. The van der Waals surface area contributed by atoms with E-state index in [9.17, 15) is 14.7 Å². The smallest absolute Gasteiger partial charge is 0.235 e. The molecule has 1 aliphatic heterocycles. The van der Waals surface area contributed by atoms with Crippen LogP contribution in [0.25, 0.3) is 0 Å². The molecule has 3 aromatic rings. The molecule has 1 N–H and O–H groups in total. The van der Waals surface area contributed by atoms with Crippen LogP contribution >= 0.6 is 11.3 Å². The predicted molar refractivity (Wildman–Crippen MR) is 117 cm³/mol. The van der Waals surface area contributed by atoms with Gasteiger partial charge in [0.05, 0.1) is 23.6 Å². The number of hydrogen-bond acceptors (Lipinski definition) is 5. The molecule has 0 bridgehead atoms. The first-order chi connectivity index (χ1) is 14.6. The molecule has 0 spiro atoms. The Morgan fingerprint density at radius 1 is 1.10 bits per heavy atom. The number of amides is 1. The second kappa shape index (κ2) is 9.32. The molecule has 30 heavy (non-hydrogen) atoms. The Balaban J connectivity index is 1.43. The van der Waals surface area contributed by atoms with E-state index < -0.39 is 12.1 Å². The summed E-state index contributed by atoms with van der Waals surface area (Å²) in [5.74, 6) is -0.177. The van der Waals surface area contributed by atoms with Gasteiger partial charge in [0, 0.05) is 23.7 Å². The number of nitrogens with zero attached hydrogens (tertiary/aromatic N) is 2. The van der Waals surface area contributed by atoms with Crippen LogP contribution in [0.4, 0.5) is 5.69 Å². The highest BCUT2D eigenvalue weighted by atomic mass is 32.1. The lowest BCUT2D eigenvalue weighted by atomic mass is 10.0. The molecule has 1 fully saturated rings. The second-order valence-corrected chi connectivity index (χ2v) is 8.52. The molecule has 1 aliphatic rings. The number of aryl methyl sites for hydroxylation is 1. The van der Waals surface area contributed by atoms with Crippen LogP contribution in [0.1, 0.15) is 41.5 Å². The fourth-order valence-electron chi connectivity index (χ4n) is 3.92. The van der Waals surface area contributed by atoms with E-state index in [0.29, 0.717) is 18.5 Å². The lowest BCUT2D eigenvalue weighted by molar-refractivity contribution is -0.121. The van der Waals surface area contributed by atoms with E-state index in [1.54, 1.807) is 22.4 Å². The van der Waals surface area contributed by atoms with Gasteiger partial charge in [-0.3, -0.25) is 9.59 Å². The van der Waals surface area contributed by atoms with Crippen LogP contribution in [0.15, 0.2) is 66.2 Å². The standard InChI is InChI=1S/C24H24N2O3S/c27-21(15-17-5-2-1-3-6-17)18-9-11-19(12-10-18)26-20(22(28)16-24(26)29)7-4-8-23-25-13-14-30-23/h1-3,5-6,9-14,20-21,27H,4,7-8,15-16H2. The van der Waals surface area contributed by atoms with Gasteiger partial charge in [-0.15, -0.1) is 11.3 Å². The zero-order chi connectivity index (χ0) is 20.9. The van der Waals surface area contributed by atoms with Crippen molar-refractivity contribution < 1.29 is 14.7 Å². The van der Waals surface area contributed by atoms with Gasteiger partial charge in [0.25, 0.3) is 0 Å². The van der Waals surface area contributed by atoms with E-state index in [1.165, 1.54) is 0 Å². The van der Waals surface area contributed by atoms with Crippen molar-refractivity contribution in [2.45, 2.75) is 44.2 Å². The molecule has 154 valence electrons. The number of anilines is 1. The number of carbonyl (C=O) groups is 2. The summed E-state index contributed by atoms with van der Waals surface area (Å²) in [4.78, 5) is 30.8. The second-order valence-electron chi connectivity index (χ2n) is 7.54. The number of hydrogen-bond donors (Lipinski definition) is 1. The number of Topliss-reactive ketones (excluding diaryl/α,β-unsaturated/α-hetero) is 1. The molecule has 2 atom stereocenters. The fourth-order valence-corrected chi connectivity index (χ4v) is 4.58. The molecule has 1 saturated heterocycles. The number of rotatable bonds is 8. The maximum atomic E-state index is 12.5. The molecule has 0 saturated carbocycles. The van der Waals surface area contributed by atoms with E-state index in [1.807, 2.05) is 60.0 Å². The molecule has 2 unspecified atom stereocenters. The molecule has 5 nitrogen and oxygen atoms in total. The summed E-state index contributed by atoms with van der Waals surface area (Å²) in [7, 11) is 0. The SMILES string of the molecule is O=C1CC(=O)N(c2ccc(C(O)Cc3ccccc3)cc2)C1CCCc1nccs1. The Hall–Kier alpha value is -2.83. The zero-order valence-corrected chi connectivity index (χ0v) is 17.4. The number of thiazole rings is 1. The van der Waals surface area contributed by atoms with Crippen molar-refractivity contribution in [1.29, 1.82) is 0 Å². The number of benzene rings is 2. The van der Waals surface area contributed by atoms with Gasteiger partial charge in [-0.2, -0.15) is 0 Å². The van der Waals surface area contributed by atoms with Gasteiger partial charge in [-0.25, -0.2) is 4.98 Å².